The summed E-state index contributed by atoms with van der Waals surface area (Å²) in [4.78, 5) is 0. The smallest absolute Gasteiger partial charge is 0.154 e. The Bertz CT molecular complexity index is 726. The van der Waals surface area contributed by atoms with Gasteiger partial charge in [-0.2, -0.15) is 15.4 Å². The molecule has 0 saturated heterocycles. The molecule has 1 aromatic carbocycles. The third kappa shape index (κ3) is 3.82. The lowest BCUT2D eigenvalue weighted by atomic mass is 10.2. The number of nitrogens with two attached hydrogens (primary N) is 1. The number of nitrogens with one attached hydrogen (secondary N) is 1. The van der Waals surface area contributed by atoms with Crippen molar-refractivity contribution in [2.45, 2.75) is 12.8 Å². The topological polar surface area (TPSA) is 117 Å². The van der Waals surface area contributed by atoms with E-state index < -0.39 is 0 Å². The molecule has 0 spiro atoms. The molecule has 2 heterocycles. The van der Waals surface area contributed by atoms with Gasteiger partial charge in [-0.1, -0.05) is 0 Å². The minimum absolute atomic E-state index is 0.441. The predicted octanol–water partition coefficient (Wildman–Crippen LogP) is 0.673. The highest BCUT2D eigenvalue weighted by atomic mass is 16.5. The molecule has 0 aliphatic carbocycles. The molecule has 0 radical (unpaired) electrons. The molecule has 3 rings (SSSR count). The molecule has 0 saturated carbocycles. The first-order chi connectivity index (χ1) is 11.4. The quantitative estimate of drug-likeness (QED) is 0.557. The third-order valence-electron chi connectivity index (χ3n) is 3.32. The first kappa shape index (κ1) is 15.4. The van der Waals surface area contributed by atoms with Gasteiger partial charge in [0.15, 0.2) is 11.3 Å². The van der Waals surface area contributed by atoms with Gasteiger partial charge in [0.05, 0.1) is 12.3 Å². The van der Waals surface area contributed by atoms with Crippen molar-refractivity contribution in [1.29, 1.82) is 0 Å². The number of benzene rings is 1. The molecule has 0 atom stereocenters. The molecule has 2 aromatic heterocycles. The van der Waals surface area contributed by atoms with Crippen LogP contribution in [0.3, 0.4) is 0 Å². The second kappa shape index (κ2) is 7.65. The number of ether oxygens (including phenoxy) is 2. The lowest BCUT2D eigenvalue weighted by Gasteiger charge is -2.09. The Balaban J connectivity index is 1.64. The van der Waals surface area contributed by atoms with Crippen molar-refractivity contribution >= 4 is 11.0 Å². The van der Waals surface area contributed by atoms with Gasteiger partial charge in [-0.3, -0.25) is 4.57 Å². The molecule has 9 heteroatoms. The molecule has 0 bridgehead atoms. The fourth-order valence-electron chi connectivity index (χ4n) is 2.16. The lowest BCUT2D eigenvalue weighted by Crippen LogP contribution is -2.09. The van der Waals surface area contributed by atoms with E-state index in [2.05, 4.69) is 25.6 Å². The number of hydrogen-bond acceptors (Lipinski definition) is 7. The first-order valence-corrected chi connectivity index (χ1v) is 7.48. The van der Waals surface area contributed by atoms with E-state index in [0.29, 0.717) is 37.6 Å². The standard InChI is InChI=1S/C14H19N7O2/c15-3-1-2-4-22-5-6-23-13-8-11(21-9-16-17-10-21)7-12-14(13)19-20-18-12/h7-10H,1-6,15H2,(H,18,19,20). The zero-order chi connectivity index (χ0) is 15.9. The van der Waals surface area contributed by atoms with Crippen molar-refractivity contribution in [3.63, 3.8) is 0 Å². The van der Waals surface area contributed by atoms with Crippen molar-refractivity contribution in [2.75, 3.05) is 26.4 Å². The van der Waals surface area contributed by atoms with Crippen LogP contribution >= 0.6 is 0 Å². The SMILES string of the molecule is NCCCCOCCOc1cc(-n2cnnc2)cc2n[nH]nc12. The number of nitrogens with zero attached hydrogens (tertiary/aromatic N) is 5. The summed E-state index contributed by atoms with van der Waals surface area (Å²) in [5, 5.41) is 18.5. The molecule has 0 amide bonds. The molecule has 0 aliphatic rings. The van der Waals surface area contributed by atoms with E-state index in [1.165, 1.54) is 0 Å². The van der Waals surface area contributed by atoms with Crippen LogP contribution in [-0.2, 0) is 4.74 Å². The molecule has 23 heavy (non-hydrogen) atoms. The van der Waals surface area contributed by atoms with E-state index in [0.717, 1.165) is 24.0 Å². The lowest BCUT2D eigenvalue weighted by molar-refractivity contribution is 0.0981. The van der Waals surface area contributed by atoms with Gasteiger partial charge in [-0.05, 0) is 25.5 Å². The Kier molecular flexibility index (Phi) is 5.12. The van der Waals surface area contributed by atoms with E-state index in [1.54, 1.807) is 17.2 Å². The summed E-state index contributed by atoms with van der Waals surface area (Å²) in [6.07, 6.45) is 5.17. The van der Waals surface area contributed by atoms with Gasteiger partial charge in [0.25, 0.3) is 0 Å². The van der Waals surface area contributed by atoms with E-state index >= 15 is 0 Å². The fourth-order valence-corrected chi connectivity index (χ4v) is 2.16. The molecular formula is C14H19N7O2. The second-order valence-corrected chi connectivity index (χ2v) is 4.96. The zero-order valence-corrected chi connectivity index (χ0v) is 12.7. The van der Waals surface area contributed by atoms with Gasteiger partial charge in [-0.15, -0.1) is 10.2 Å². The first-order valence-electron chi connectivity index (χ1n) is 7.48. The molecule has 122 valence electrons. The van der Waals surface area contributed by atoms with E-state index in [-0.39, 0.29) is 0 Å². The van der Waals surface area contributed by atoms with Gasteiger partial charge < -0.3 is 15.2 Å². The van der Waals surface area contributed by atoms with E-state index in [1.807, 2.05) is 12.1 Å². The minimum Gasteiger partial charge on any atom is -0.489 e. The van der Waals surface area contributed by atoms with Gasteiger partial charge in [0, 0.05) is 12.7 Å². The van der Waals surface area contributed by atoms with Crippen LogP contribution in [0.25, 0.3) is 16.7 Å². The normalized spacial score (nSPS) is 11.2. The van der Waals surface area contributed by atoms with Crippen molar-refractivity contribution in [3.05, 3.63) is 24.8 Å². The van der Waals surface area contributed by atoms with Crippen molar-refractivity contribution in [3.8, 4) is 11.4 Å². The summed E-state index contributed by atoms with van der Waals surface area (Å²) in [5.41, 5.74) is 7.69. The summed E-state index contributed by atoms with van der Waals surface area (Å²) in [5.74, 6) is 0.644. The van der Waals surface area contributed by atoms with Crippen LogP contribution in [0.5, 0.6) is 5.75 Å². The predicted molar refractivity (Wildman–Crippen MR) is 83.4 cm³/mol. The molecule has 3 N–H and O–H groups in total. The van der Waals surface area contributed by atoms with Gasteiger partial charge in [0.1, 0.15) is 24.8 Å². The molecule has 3 aromatic rings. The zero-order valence-electron chi connectivity index (χ0n) is 12.7. The summed E-state index contributed by atoms with van der Waals surface area (Å²) in [6.45, 7) is 2.34. The Morgan fingerprint density at radius 1 is 1.04 bits per heavy atom. The highest BCUT2D eigenvalue weighted by Gasteiger charge is 2.10. The average molecular weight is 317 g/mol. The highest BCUT2D eigenvalue weighted by Crippen LogP contribution is 2.26. The number of hydrogen-bond donors (Lipinski definition) is 2. The van der Waals surface area contributed by atoms with Crippen LogP contribution in [0.2, 0.25) is 0 Å². The minimum atomic E-state index is 0.441. The van der Waals surface area contributed by atoms with Crippen LogP contribution in [0.4, 0.5) is 0 Å². The van der Waals surface area contributed by atoms with Crippen molar-refractivity contribution < 1.29 is 9.47 Å². The number of fused-ring (bicyclic) bond motifs is 1. The van der Waals surface area contributed by atoms with E-state index in [9.17, 15) is 0 Å². The van der Waals surface area contributed by atoms with Crippen LogP contribution in [-0.4, -0.2) is 56.5 Å². The molecular weight excluding hydrogens is 298 g/mol. The Labute approximate surface area is 132 Å². The highest BCUT2D eigenvalue weighted by molar-refractivity contribution is 5.83. The van der Waals surface area contributed by atoms with Crippen LogP contribution < -0.4 is 10.5 Å². The summed E-state index contributed by atoms with van der Waals surface area (Å²) < 4.78 is 13.1. The van der Waals surface area contributed by atoms with Crippen molar-refractivity contribution in [2.24, 2.45) is 5.73 Å². The third-order valence-corrected chi connectivity index (χ3v) is 3.32. The Morgan fingerprint density at radius 2 is 1.91 bits per heavy atom. The number of aromatic amines is 1. The Morgan fingerprint density at radius 3 is 2.74 bits per heavy atom. The van der Waals surface area contributed by atoms with E-state index in [4.69, 9.17) is 15.2 Å². The van der Waals surface area contributed by atoms with Gasteiger partial charge >= 0.3 is 0 Å². The maximum atomic E-state index is 5.80. The number of H-pyrrole nitrogens is 1. The monoisotopic (exact) mass is 317 g/mol. The number of unbranched alkanes of at least 4 members (excludes halogenated alkanes) is 1. The molecule has 9 nitrogen and oxygen atoms in total. The number of aromatic nitrogens is 6. The number of rotatable bonds is 9. The summed E-state index contributed by atoms with van der Waals surface area (Å²) >= 11 is 0. The van der Waals surface area contributed by atoms with Crippen molar-refractivity contribution in [1.82, 2.24) is 30.2 Å². The second-order valence-electron chi connectivity index (χ2n) is 4.96. The Hall–Kier alpha value is -2.52. The van der Waals surface area contributed by atoms with Crippen LogP contribution in [0.15, 0.2) is 24.8 Å². The summed E-state index contributed by atoms with van der Waals surface area (Å²) in [6, 6.07) is 3.76. The van der Waals surface area contributed by atoms with Gasteiger partial charge in [-0.25, -0.2) is 0 Å². The molecule has 0 aliphatic heterocycles. The average Bonchev–Trinajstić information content (AvgIpc) is 3.24. The maximum Gasteiger partial charge on any atom is 0.154 e. The van der Waals surface area contributed by atoms with Crippen LogP contribution in [0, 0.1) is 0 Å². The van der Waals surface area contributed by atoms with Gasteiger partial charge in [0.2, 0.25) is 0 Å². The maximum absolute atomic E-state index is 5.80. The summed E-state index contributed by atoms with van der Waals surface area (Å²) in [7, 11) is 0. The molecule has 0 unspecified atom stereocenters. The van der Waals surface area contributed by atoms with Crippen LogP contribution in [0.1, 0.15) is 12.8 Å². The fraction of sp³-hybridized carbons (Fsp3) is 0.429. The largest absolute Gasteiger partial charge is 0.489 e. The molecule has 0 fully saturated rings.